The molecule has 1 N–H and O–H groups in total. The van der Waals surface area contributed by atoms with E-state index in [4.69, 9.17) is 4.74 Å². The third-order valence-electron chi connectivity index (χ3n) is 3.57. The van der Waals surface area contributed by atoms with E-state index in [0.29, 0.717) is 13.0 Å². The first kappa shape index (κ1) is 17.7. The first-order valence-corrected chi connectivity index (χ1v) is 8.12. The van der Waals surface area contributed by atoms with Crippen molar-refractivity contribution in [2.24, 2.45) is 0 Å². The largest absolute Gasteiger partial charge is 0.466 e. The summed E-state index contributed by atoms with van der Waals surface area (Å²) in [5.74, 6) is -0.210. The zero-order chi connectivity index (χ0) is 15.3. The highest BCUT2D eigenvalue weighted by molar-refractivity contribution is 5.69. The average Bonchev–Trinajstić information content (AvgIpc) is 2.52. The fourth-order valence-electron chi connectivity index (χ4n) is 2.24. The molecule has 1 aromatic carbocycles. The monoisotopic (exact) mass is 292 g/mol. The van der Waals surface area contributed by atoms with Crippen molar-refractivity contribution in [1.82, 2.24) is 0 Å². The summed E-state index contributed by atoms with van der Waals surface area (Å²) in [7, 11) is 0. The molecule has 3 heteroatoms. The summed E-state index contributed by atoms with van der Waals surface area (Å²) in [5.41, 5.74) is 0.848. The molecule has 0 aliphatic rings. The second-order valence-electron chi connectivity index (χ2n) is 5.45. The summed E-state index contributed by atoms with van der Waals surface area (Å²) in [5, 5.41) is 9.95. The van der Waals surface area contributed by atoms with Gasteiger partial charge in [0.25, 0.3) is 0 Å². The maximum Gasteiger partial charge on any atom is 0.305 e. The third kappa shape index (κ3) is 8.51. The highest BCUT2D eigenvalue weighted by atomic mass is 16.5. The number of ether oxygens (including phenoxy) is 1. The van der Waals surface area contributed by atoms with Crippen LogP contribution in [0.3, 0.4) is 0 Å². The molecule has 0 aliphatic carbocycles. The number of carbonyl (C=O) groups excluding carboxylic acids is 1. The van der Waals surface area contributed by atoms with Crippen LogP contribution in [0.5, 0.6) is 0 Å². The van der Waals surface area contributed by atoms with Crippen molar-refractivity contribution in [2.45, 2.75) is 64.4 Å². The molecule has 0 aromatic heterocycles. The van der Waals surface area contributed by atoms with Gasteiger partial charge in [-0.1, -0.05) is 69.4 Å². The molecule has 0 bridgehead atoms. The zero-order valence-corrected chi connectivity index (χ0v) is 13.1. The minimum Gasteiger partial charge on any atom is -0.466 e. The van der Waals surface area contributed by atoms with Gasteiger partial charge in [0, 0.05) is 6.42 Å². The van der Waals surface area contributed by atoms with Gasteiger partial charge >= 0.3 is 5.97 Å². The van der Waals surface area contributed by atoms with Crippen molar-refractivity contribution >= 4 is 5.97 Å². The van der Waals surface area contributed by atoms with Crippen LogP contribution in [-0.2, 0) is 9.53 Å². The molecule has 0 aliphatic heterocycles. The number of esters is 1. The highest BCUT2D eigenvalue weighted by Gasteiger charge is 2.10. The van der Waals surface area contributed by atoms with Crippen LogP contribution in [0.4, 0.5) is 0 Å². The molecule has 21 heavy (non-hydrogen) atoms. The Bertz CT molecular complexity index is 375. The highest BCUT2D eigenvalue weighted by Crippen LogP contribution is 2.17. The second-order valence-corrected chi connectivity index (χ2v) is 5.45. The number of unbranched alkanes of at least 4 members (excludes halogenated alkanes) is 5. The van der Waals surface area contributed by atoms with E-state index >= 15 is 0 Å². The first-order chi connectivity index (χ1) is 10.2. The summed E-state index contributed by atoms with van der Waals surface area (Å²) >= 11 is 0. The Morgan fingerprint density at radius 1 is 1.10 bits per heavy atom. The third-order valence-corrected chi connectivity index (χ3v) is 3.57. The summed E-state index contributed by atoms with van der Waals surface area (Å²) in [6.45, 7) is 2.71. The molecule has 0 fully saturated rings. The lowest BCUT2D eigenvalue weighted by Gasteiger charge is -2.10. The SMILES string of the molecule is CCCCCCCCOC(=O)CCC(O)c1ccccc1. The van der Waals surface area contributed by atoms with E-state index in [2.05, 4.69) is 6.92 Å². The molecule has 3 nitrogen and oxygen atoms in total. The summed E-state index contributed by atoms with van der Waals surface area (Å²) in [6.07, 6.45) is 7.19. The molecular weight excluding hydrogens is 264 g/mol. The van der Waals surface area contributed by atoms with Gasteiger partial charge < -0.3 is 9.84 Å². The van der Waals surface area contributed by atoms with Crippen molar-refractivity contribution in [3.63, 3.8) is 0 Å². The molecule has 0 saturated heterocycles. The number of aliphatic hydroxyl groups is 1. The summed E-state index contributed by atoms with van der Waals surface area (Å²) in [6, 6.07) is 9.41. The lowest BCUT2D eigenvalue weighted by atomic mass is 10.1. The Kier molecular flexibility index (Phi) is 9.55. The van der Waals surface area contributed by atoms with E-state index in [0.717, 1.165) is 18.4 Å². The van der Waals surface area contributed by atoms with Crippen LogP contribution < -0.4 is 0 Å². The second kappa shape index (κ2) is 11.3. The van der Waals surface area contributed by atoms with Gasteiger partial charge in [0.1, 0.15) is 0 Å². The van der Waals surface area contributed by atoms with Gasteiger partial charge in [0.15, 0.2) is 0 Å². The molecule has 1 unspecified atom stereocenters. The van der Waals surface area contributed by atoms with Gasteiger partial charge in [-0.2, -0.15) is 0 Å². The molecule has 1 rings (SSSR count). The zero-order valence-electron chi connectivity index (χ0n) is 13.1. The van der Waals surface area contributed by atoms with Gasteiger partial charge in [-0.15, -0.1) is 0 Å². The summed E-state index contributed by atoms with van der Waals surface area (Å²) < 4.78 is 5.18. The quantitative estimate of drug-likeness (QED) is 0.485. The Morgan fingerprint density at radius 2 is 1.76 bits per heavy atom. The van der Waals surface area contributed by atoms with Crippen molar-refractivity contribution in [3.8, 4) is 0 Å². The Morgan fingerprint density at radius 3 is 2.48 bits per heavy atom. The number of carbonyl (C=O) groups is 1. The maximum atomic E-state index is 11.6. The Labute approximate surface area is 128 Å². The minimum atomic E-state index is -0.590. The van der Waals surface area contributed by atoms with E-state index in [-0.39, 0.29) is 12.4 Å². The number of rotatable bonds is 11. The number of hydrogen-bond acceptors (Lipinski definition) is 3. The van der Waals surface area contributed by atoms with Crippen LogP contribution in [-0.4, -0.2) is 17.7 Å². The fraction of sp³-hybridized carbons (Fsp3) is 0.611. The van der Waals surface area contributed by atoms with Gasteiger partial charge in [-0.05, 0) is 18.4 Å². The Balaban J connectivity index is 2.03. The maximum absolute atomic E-state index is 11.6. The topological polar surface area (TPSA) is 46.5 Å². The van der Waals surface area contributed by atoms with E-state index in [1.54, 1.807) is 0 Å². The van der Waals surface area contributed by atoms with Crippen LogP contribution in [0.15, 0.2) is 30.3 Å². The fourth-order valence-corrected chi connectivity index (χ4v) is 2.24. The Hall–Kier alpha value is -1.35. The summed E-state index contributed by atoms with van der Waals surface area (Å²) in [4.78, 5) is 11.6. The van der Waals surface area contributed by atoms with Crippen molar-refractivity contribution < 1.29 is 14.6 Å². The van der Waals surface area contributed by atoms with Crippen LogP contribution >= 0.6 is 0 Å². The molecule has 118 valence electrons. The normalized spacial score (nSPS) is 12.1. The van der Waals surface area contributed by atoms with E-state index in [1.807, 2.05) is 30.3 Å². The van der Waals surface area contributed by atoms with Crippen LogP contribution in [0.25, 0.3) is 0 Å². The predicted molar refractivity (Wildman–Crippen MR) is 85.0 cm³/mol. The van der Waals surface area contributed by atoms with Crippen LogP contribution in [0.2, 0.25) is 0 Å². The molecular formula is C18H28O3. The standard InChI is InChI=1S/C18H28O3/c1-2-3-4-5-6-10-15-21-18(20)14-13-17(19)16-11-8-7-9-12-16/h7-9,11-12,17,19H,2-6,10,13-15H2,1H3. The first-order valence-electron chi connectivity index (χ1n) is 8.12. The van der Waals surface area contributed by atoms with Crippen LogP contribution in [0, 0.1) is 0 Å². The van der Waals surface area contributed by atoms with E-state index in [9.17, 15) is 9.90 Å². The molecule has 0 amide bonds. The lowest BCUT2D eigenvalue weighted by molar-refractivity contribution is -0.144. The molecule has 0 spiro atoms. The average molecular weight is 292 g/mol. The lowest BCUT2D eigenvalue weighted by Crippen LogP contribution is -2.08. The van der Waals surface area contributed by atoms with Gasteiger partial charge in [-0.3, -0.25) is 4.79 Å². The smallest absolute Gasteiger partial charge is 0.305 e. The van der Waals surface area contributed by atoms with E-state index in [1.165, 1.54) is 25.7 Å². The van der Waals surface area contributed by atoms with Gasteiger partial charge in [0.05, 0.1) is 12.7 Å². The number of aliphatic hydroxyl groups excluding tert-OH is 1. The molecule has 0 saturated carbocycles. The molecule has 0 heterocycles. The molecule has 1 aromatic rings. The molecule has 1 atom stereocenters. The minimum absolute atomic E-state index is 0.210. The van der Waals surface area contributed by atoms with Crippen molar-refractivity contribution in [1.29, 1.82) is 0 Å². The van der Waals surface area contributed by atoms with Gasteiger partial charge in [0.2, 0.25) is 0 Å². The van der Waals surface area contributed by atoms with Gasteiger partial charge in [-0.25, -0.2) is 0 Å². The molecule has 0 radical (unpaired) electrons. The number of hydrogen-bond donors (Lipinski definition) is 1. The van der Waals surface area contributed by atoms with Crippen LogP contribution in [0.1, 0.15) is 70.0 Å². The van der Waals surface area contributed by atoms with Crippen molar-refractivity contribution in [3.05, 3.63) is 35.9 Å². The van der Waals surface area contributed by atoms with Crippen molar-refractivity contribution in [2.75, 3.05) is 6.61 Å². The number of benzene rings is 1. The van der Waals surface area contributed by atoms with E-state index < -0.39 is 6.10 Å². The predicted octanol–water partition coefficient (Wildman–Crippen LogP) is 4.40.